The van der Waals surface area contributed by atoms with E-state index in [2.05, 4.69) is 42.0 Å². The SMILES string of the molecule is CC(C)[C@H](Br)C(=O)N[C@H]1CCCC[C@H]1C. The van der Waals surface area contributed by atoms with Crippen LogP contribution in [0.3, 0.4) is 0 Å². The maximum Gasteiger partial charge on any atom is 0.234 e. The van der Waals surface area contributed by atoms with Crippen molar-refractivity contribution in [1.29, 1.82) is 0 Å². The average Bonchev–Trinajstić information content (AvgIpc) is 2.20. The van der Waals surface area contributed by atoms with E-state index in [0.717, 1.165) is 6.42 Å². The van der Waals surface area contributed by atoms with E-state index in [1.54, 1.807) is 0 Å². The fourth-order valence-electron chi connectivity index (χ4n) is 2.10. The number of rotatable bonds is 3. The lowest BCUT2D eigenvalue weighted by atomic mass is 9.86. The molecule has 0 spiro atoms. The molecule has 1 aliphatic rings. The van der Waals surface area contributed by atoms with Gasteiger partial charge in [-0.25, -0.2) is 0 Å². The molecule has 1 rings (SSSR count). The molecule has 0 aromatic carbocycles. The van der Waals surface area contributed by atoms with Gasteiger partial charge in [0.05, 0.1) is 4.83 Å². The number of amides is 1. The van der Waals surface area contributed by atoms with Gasteiger partial charge < -0.3 is 5.32 Å². The number of carbonyl (C=O) groups is 1. The van der Waals surface area contributed by atoms with Gasteiger partial charge in [0.2, 0.25) is 5.91 Å². The van der Waals surface area contributed by atoms with Crippen molar-refractivity contribution in [3.63, 3.8) is 0 Å². The molecule has 0 aromatic heterocycles. The minimum absolute atomic E-state index is 0.0494. The second-order valence-corrected chi connectivity index (χ2v) is 6.01. The van der Waals surface area contributed by atoms with Gasteiger partial charge in [0.15, 0.2) is 0 Å². The number of carbonyl (C=O) groups excluding carboxylic acids is 1. The van der Waals surface area contributed by atoms with Crippen LogP contribution in [0.4, 0.5) is 0 Å². The van der Waals surface area contributed by atoms with E-state index >= 15 is 0 Å². The Morgan fingerprint density at radius 3 is 2.47 bits per heavy atom. The number of nitrogens with one attached hydrogen (secondary N) is 1. The molecule has 1 N–H and O–H groups in total. The monoisotopic (exact) mass is 275 g/mol. The van der Waals surface area contributed by atoms with Crippen molar-refractivity contribution < 1.29 is 4.79 Å². The Hall–Kier alpha value is -0.0500. The molecule has 2 nitrogen and oxygen atoms in total. The Balaban J connectivity index is 2.42. The van der Waals surface area contributed by atoms with Crippen LogP contribution in [0.1, 0.15) is 46.5 Å². The van der Waals surface area contributed by atoms with E-state index in [4.69, 9.17) is 0 Å². The third kappa shape index (κ3) is 3.78. The lowest BCUT2D eigenvalue weighted by Crippen LogP contribution is -2.45. The van der Waals surface area contributed by atoms with Gasteiger partial charge in [0.25, 0.3) is 0 Å². The molecule has 0 aliphatic heterocycles. The Morgan fingerprint density at radius 2 is 1.93 bits per heavy atom. The summed E-state index contributed by atoms with van der Waals surface area (Å²) in [4.78, 5) is 11.8. The van der Waals surface area contributed by atoms with Crippen LogP contribution in [0.15, 0.2) is 0 Å². The molecular formula is C12H22BrNO. The highest BCUT2D eigenvalue weighted by atomic mass is 79.9. The van der Waals surface area contributed by atoms with Crippen LogP contribution < -0.4 is 5.32 Å². The summed E-state index contributed by atoms with van der Waals surface area (Å²) < 4.78 is 0. The first-order valence-electron chi connectivity index (χ1n) is 5.96. The molecule has 3 heteroatoms. The largest absolute Gasteiger partial charge is 0.352 e. The van der Waals surface area contributed by atoms with Crippen LogP contribution in [0.5, 0.6) is 0 Å². The first-order chi connectivity index (χ1) is 7.02. The normalized spacial score (nSPS) is 28.9. The van der Waals surface area contributed by atoms with Crippen molar-refractivity contribution in [2.24, 2.45) is 11.8 Å². The molecule has 0 bridgehead atoms. The molecule has 1 fully saturated rings. The maximum absolute atomic E-state index is 11.8. The summed E-state index contributed by atoms with van der Waals surface area (Å²) in [5.41, 5.74) is 0. The van der Waals surface area contributed by atoms with Gasteiger partial charge in [-0.15, -0.1) is 0 Å². The summed E-state index contributed by atoms with van der Waals surface area (Å²) in [7, 11) is 0. The third-order valence-electron chi connectivity index (χ3n) is 3.27. The van der Waals surface area contributed by atoms with Crippen molar-refractivity contribution in [2.75, 3.05) is 0 Å². The van der Waals surface area contributed by atoms with Gasteiger partial charge in [0.1, 0.15) is 0 Å². The topological polar surface area (TPSA) is 29.1 Å². The predicted octanol–water partition coefficient (Wildman–Crippen LogP) is 3.10. The Kier molecular flexibility index (Phi) is 5.10. The summed E-state index contributed by atoms with van der Waals surface area (Å²) in [6, 6.07) is 0.394. The minimum Gasteiger partial charge on any atom is -0.352 e. The summed E-state index contributed by atoms with van der Waals surface area (Å²) in [5.74, 6) is 1.14. The van der Waals surface area contributed by atoms with Gasteiger partial charge in [0, 0.05) is 6.04 Å². The Bertz CT molecular complexity index is 218. The number of halogens is 1. The first kappa shape index (κ1) is 13.0. The van der Waals surface area contributed by atoms with Crippen molar-refractivity contribution in [1.82, 2.24) is 5.32 Å². The molecular weight excluding hydrogens is 254 g/mol. The highest BCUT2D eigenvalue weighted by Gasteiger charge is 2.26. The van der Waals surface area contributed by atoms with E-state index in [1.165, 1.54) is 19.3 Å². The van der Waals surface area contributed by atoms with Gasteiger partial charge in [-0.3, -0.25) is 4.79 Å². The number of hydrogen-bond donors (Lipinski definition) is 1. The highest BCUT2D eigenvalue weighted by molar-refractivity contribution is 9.10. The van der Waals surface area contributed by atoms with Crippen LogP contribution in [-0.4, -0.2) is 16.8 Å². The van der Waals surface area contributed by atoms with Gasteiger partial charge in [-0.2, -0.15) is 0 Å². The van der Waals surface area contributed by atoms with Crippen LogP contribution >= 0.6 is 15.9 Å². The van der Waals surface area contributed by atoms with E-state index < -0.39 is 0 Å². The quantitative estimate of drug-likeness (QED) is 0.788. The summed E-state index contributed by atoms with van der Waals surface area (Å²) >= 11 is 3.44. The highest BCUT2D eigenvalue weighted by Crippen LogP contribution is 2.24. The van der Waals surface area contributed by atoms with Gasteiger partial charge >= 0.3 is 0 Å². The van der Waals surface area contributed by atoms with Crippen LogP contribution in [0.2, 0.25) is 0 Å². The molecule has 0 heterocycles. The molecule has 3 atom stereocenters. The molecule has 15 heavy (non-hydrogen) atoms. The fraction of sp³-hybridized carbons (Fsp3) is 0.917. The lowest BCUT2D eigenvalue weighted by molar-refractivity contribution is -0.122. The zero-order chi connectivity index (χ0) is 11.4. The molecule has 88 valence electrons. The van der Waals surface area contributed by atoms with E-state index in [0.29, 0.717) is 17.9 Å². The van der Waals surface area contributed by atoms with Crippen molar-refractivity contribution in [3.8, 4) is 0 Å². The first-order valence-corrected chi connectivity index (χ1v) is 6.88. The van der Waals surface area contributed by atoms with Gasteiger partial charge in [-0.1, -0.05) is 49.5 Å². The number of alkyl halides is 1. The second kappa shape index (κ2) is 5.88. The summed E-state index contributed by atoms with van der Waals surface area (Å²) in [6.07, 6.45) is 4.96. The Labute approximate surface area is 101 Å². The van der Waals surface area contributed by atoms with Gasteiger partial charge in [-0.05, 0) is 24.7 Å². The molecule has 1 aliphatic carbocycles. The summed E-state index contributed by atoms with van der Waals surface area (Å²) in [5, 5.41) is 3.16. The molecule has 0 unspecified atom stereocenters. The predicted molar refractivity (Wildman–Crippen MR) is 67.1 cm³/mol. The maximum atomic E-state index is 11.8. The smallest absolute Gasteiger partial charge is 0.234 e. The van der Waals surface area contributed by atoms with Crippen LogP contribution in [0, 0.1) is 11.8 Å². The minimum atomic E-state index is -0.0494. The van der Waals surface area contributed by atoms with E-state index in [9.17, 15) is 4.79 Å². The van der Waals surface area contributed by atoms with Crippen LogP contribution in [0.25, 0.3) is 0 Å². The lowest BCUT2D eigenvalue weighted by Gasteiger charge is -2.30. The Morgan fingerprint density at radius 1 is 1.33 bits per heavy atom. The fourth-order valence-corrected chi connectivity index (χ4v) is 2.23. The average molecular weight is 276 g/mol. The van der Waals surface area contributed by atoms with E-state index in [-0.39, 0.29) is 10.7 Å². The van der Waals surface area contributed by atoms with Crippen molar-refractivity contribution >= 4 is 21.8 Å². The third-order valence-corrected chi connectivity index (χ3v) is 4.75. The van der Waals surface area contributed by atoms with Crippen molar-refractivity contribution in [3.05, 3.63) is 0 Å². The van der Waals surface area contributed by atoms with Crippen molar-refractivity contribution in [2.45, 2.75) is 57.3 Å². The number of hydrogen-bond acceptors (Lipinski definition) is 1. The zero-order valence-corrected chi connectivity index (χ0v) is 11.5. The molecule has 1 saturated carbocycles. The summed E-state index contributed by atoms with van der Waals surface area (Å²) in [6.45, 7) is 6.36. The zero-order valence-electron chi connectivity index (χ0n) is 9.92. The molecule has 0 aromatic rings. The standard InChI is InChI=1S/C12H22BrNO/c1-8(2)11(13)12(15)14-10-7-5-4-6-9(10)3/h8-11H,4-7H2,1-3H3,(H,14,15)/t9-,10+,11+/m1/s1. The van der Waals surface area contributed by atoms with Crippen LogP contribution in [-0.2, 0) is 4.79 Å². The molecule has 0 saturated heterocycles. The molecule has 0 radical (unpaired) electrons. The van der Waals surface area contributed by atoms with E-state index in [1.807, 2.05) is 0 Å². The molecule has 1 amide bonds. The second-order valence-electron chi connectivity index (χ2n) is 5.02.